The second-order valence-electron chi connectivity index (χ2n) is 5.07. The summed E-state index contributed by atoms with van der Waals surface area (Å²) in [5.74, 6) is 1.56. The lowest BCUT2D eigenvalue weighted by Crippen LogP contribution is -2.20. The van der Waals surface area contributed by atoms with Gasteiger partial charge in [-0.3, -0.25) is 0 Å². The third kappa shape index (κ3) is 3.14. The van der Waals surface area contributed by atoms with Gasteiger partial charge >= 0.3 is 0 Å². The number of benzene rings is 1. The normalized spacial score (nSPS) is 14.3. The molecule has 2 aromatic rings. The summed E-state index contributed by atoms with van der Waals surface area (Å²) in [4.78, 5) is 1.33. The standard InChI is InChI=1S/C16H19NO3S/c1-2-4-12(16-5-3-6-21-16)17-9-11-7-14-15(8-13(11)18)20-10-19-14/h3,5-8,12,17-18H,2,4,9-10H2,1H3. The number of phenolic OH excluding ortho intramolecular Hbond substituents is 1. The van der Waals surface area contributed by atoms with Gasteiger partial charge in [-0.15, -0.1) is 11.3 Å². The predicted molar refractivity (Wildman–Crippen MR) is 83.0 cm³/mol. The minimum atomic E-state index is 0.222. The molecule has 21 heavy (non-hydrogen) atoms. The molecule has 2 heterocycles. The van der Waals surface area contributed by atoms with Crippen LogP contribution in [0.5, 0.6) is 17.2 Å². The molecule has 1 unspecified atom stereocenters. The van der Waals surface area contributed by atoms with Gasteiger partial charge in [-0.1, -0.05) is 19.4 Å². The molecule has 1 atom stereocenters. The molecule has 0 aliphatic carbocycles. The van der Waals surface area contributed by atoms with E-state index in [-0.39, 0.29) is 12.5 Å². The Kier molecular flexibility index (Phi) is 4.31. The number of phenols is 1. The van der Waals surface area contributed by atoms with E-state index in [2.05, 4.69) is 29.8 Å². The zero-order valence-corrected chi connectivity index (χ0v) is 12.8. The summed E-state index contributed by atoms with van der Waals surface area (Å²) in [6.07, 6.45) is 2.19. The third-order valence-electron chi connectivity index (χ3n) is 3.58. The van der Waals surface area contributed by atoms with Crippen LogP contribution >= 0.6 is 11.3 Å². The van der Waals surface area contributed by atoms with Crippen LogP contribution in [0.1, 0.15) is 36.2 Å². The van der Waals surface area contributed by atoms with E-state index >= 15 is 0 Å². The maximum Gasteiger partial charge on any atom is 0.231 e. The summed E-state index contributed by atoms with van der Waals surface area (Å²) in [5.41, 5.74) is 0.830. The summed E-state index contributed by atoms with van der Waals surface area (Å²) >= 11 is 1.76. The molecule has 0 saturated heterocycles. The van der Waals surface area contributed by atoms with Crippen molar-refractivity contribution in [3.63, 3.8) is 0 Å². The van der Waals surface area contributed by atoms with Crippen molar-refractivity contribution in [2.75, 3.05) is 6.79 Å². The van der Waals surface area contributed by atoms with Gasteiger partial charge in [0.05, 0.1) is 0 Å². The van der Waals surface area contributed by atoms with Crippen molar-refractivity contribution < 1.29 is 14.6 Å². The van der Waals surface area contributed by atoms with Gasteiger partial charge in [-0.2, -0.15) is 0 Å². The predicted octanol–water partition coefficient (Wildman–Crippen LogP) is 3.81. The number of rotatable bonds is 6. The van der Waals surface area contributed by atoms with Crippen molar-refractivity contribution >= 4 is 11.3 Å². The maximum atomic E-state index is 10.1. The molecule has 5 heteroatoms. The molecule has 0 fully saturated rings. The van der Waals surface area contributed by atoms with E-state index in [1.807, 2.05) is 6.07 Å². The molecule has 3 rings (SSSR count). The average Bonchev–Trinajstić information content (AvgIpc) is 3.14. The highest BCUT2D eigenvalue weighted by molar-refractivity contribution is 7.10. The fourth-order valence-corrected chi connectivity index (χ4v) is 3.31. The van der Waals surface area contributed by atoms with Crippen molar-refractivity contribution in [3.05, 3.63) is 40.1 Å². The van der Waals surface area contributed by atoms with Crippen LogP contribution in [0.15, 0.2) is 29.6 Å². The Morgan fingerprint density at radius 2 is 2.14 bits per heavy atom. The van der Waals surface area contributed by atoms with Crippen molar-refractivity contribution in [1.29, 1.82) is 0 Å². The molecule has 1 aliphatic heterocycles. The lowest BCUT2D eigenvalue weighted by molar-refractivity contribution is 0.174. The van der Waals surface area contributed by atoms with Crippen LogP contribution in [0, 0.1) is 0 Å². The summed E-state index contributed by atoms with van der Waals surface area (Å²) in [6.45, 7) is 3.00. The van der Waals surface area contributed by atoms with Crippen LogP contribution in [0.25, 0.3) is 0 Å². The van der Waals surface area contributed by atoms with Gasteiger partial charge in [0.1, 0.15) is 5.75 Å². The Morgan fingerprint density at radius 3 is 2.86 bits per heavy atom. The quantitative estimate of drug-likeness (QED) is 0.852. The molecule has 1 aliphatic rings. The first-order valence-corrected chi connectivity index (χ1v) is 8.04. The molecule has 1 aromatic carbocycles. The number of aromatic hydroxyl groups is 1. The second-order valence-corrected chi connectivity index (χ2v) is 6.05. The van der Waals surface area contributed by atoms with Gasteiger partial charge in [0.25, 0.3) is 0 Å². The number of fused-ring (bicyclic) bond motifs is 1. The monoisotopic (exact) mass is 305 g/mol. The molecule has 0 amide bonds. The summed E-state index contributed by atoms with van der Waals surface area (Å²) < 4.78 is 10.6. The zero-order valence-electron chi connectivity index (χ0n) is 12.0. The van der Waals surface area contributed by atoms with E-state index in [4.69, 9.17) is 9.47 Å². The fraction of sp³-hybridized carbons (Fsp3) is 0.375. The van der Waals surface area contributed by atoms with Crippen LogP contribution in [0.4, 0.5) is 0 Å². The van der Waals surface area contributed by atoms with Crippen LogP contribution in [0.2, 0.25) is 0 Å². The van der Waals surface area contributed by atoms with Crippen LogP contribution in [-0.4, -0.2) is 11.9 Å². The number of hydrogen-bond acceptors (Lipinski definition) is 5. The van der Waals surface area contributed by atoms with E-state index in [1.165, 1.54) is 4.88 Å². The zero-order chi connectivity index (χ0) is 14.7. The number of hydrogen-bond donors (Lipinski definition) is 2. The Bertz CT molecular complexity index is 598. The summed E-state index contributed by atoms with van der Waals surface area (Å²) in [7, 11) is 0. The first-order valence-electron chi connectivity index (χ1n) is 7.16. The van der Waals surface area contributed by atoms with Gasteiger partial charge in [0, 0.05) is 29.1 Å². The molecular formula is C16H19NO3S. The second kappa shape index (κ2) is 6.37. The van der Waals surface area contributed by atoms with E-state index in [0.717, 1.165) is 18.4 Å². The van der Waals surface area contributed by atoms with Crippen molar-refractivity contribution in [1.82, 2.24) is 5.32 Å². The largest absolute Gasteiger partial charge is 0.507 e. The first-order chi connectivity index (χ1) is 10.3. The summed E-state index contributed by atoms with van der Waals surface area (Å²) in [5, 5.41) is 15.7. The van der Waals surface area contributed by atoms with Gasteiger partial charge in [-0.05, 0) is 23.9 Å². The number of thiophene rings is 1. The third-order valence-corrected chi connectivity index (χ3v) is 4.56. The average molecular weight is 305 g/mol. The van der Waals surface area contributed by atoms with Gasteiger partial charge in [0.2, 0.25) is 6.79 Å². The van der Waals surface area contributed by atoms with Crippen molar-refractivity contribution in [2.45, 2.75) is 32.4 Å². The van der Waals surface area contributed by atoms with E-state index < -0.39 is 0 Å². The van der Waals surface area contributed by atoms with Crippen LogP contribution < -0.4 is 14.8 Å². The fourth-order valence-electron chi connectivity index (χ4n) is 2.47. The van der Waals surface area contributed by atoms with Crippen LogP contribution in [0.3, 0.4) is 0 Å². The highest BCUT2D eigenvalue weighted by atomic mass is 32.1. The Balaban J connectivity index is 1.71. The minimum Gasteiger partial charge on any atom is -0.507 e. The Morgan fingerprint density at radius 1 is 1.33 bits per heavy atom. The molecule has 4 nitrogen and oxygen atoms in total. The molecular weight excluding hydrogens is 286 g/mol. The SMILES string of the molecule is CCCC(NCc1cc2c(cc1O)OCO2)c1cccs1. The van der Waals surface area contributed by atoms with Gasteiger partial charge in [-0.25, -0.2) is 0 Å². The Labute approximate surface area is 128 Å². The van der Waals surface area contributed by atoms with Gasteiger partial charge in [0.15, 0.2) is 11.5 Å². The lowest BCUT2D eigenvalue weighted by Gasteiger charge is -2.17. The van der Waals surface area contributed by atoms with Crippen molar-refractivity contribution in [2.24, 2.45) is 0 Å². The number of ether oxygens (including phenoxy) is 2. The van der Waals surface area contributed by atoms with Crippen LogP contribution in [-0.2, 0) is 6.54 Å². The van der Waals surface area contributed by atoms with E-state index in [1.54, 1.807) is 17.4 Å². The minimum absolute atomic E-state index is 0.222. The molecule has 0 bridgehead atoms. The Hall–Kier alpha value is -1.72. The maximum absolute atomic E-state index is 10.1. The molecule has 0 spiro atoms. The molecule has 0 radical (unpaired) electrons. The highest BCUT2D eigenvalue weighted by Crippen LogP contribution is 2.37. The molecule has 2 N–H and O–H groups in total. The van der Waals surface area contributed by atoms with E-state index in [9.17, 15) is 5.11 Å². The number of nitrogens with one attached hydrogen (secondary N) is 1. The molecule has 0 saturated carbocycles. The van der Waals surface area contributed by atoms with Gasteiger partial charge < -0.3 is 19.9 Å². The molecule has 1 aromatic heterocycles. The smallest absolute Gasteiger partial charge is 0.231 e. The lowest BCUT2D eigenvalue weighted by atomic mass is 10.1. The first kappa shape index (κ1) is 14.2. The van der Waals surface area contributed by atoms with E-state index in [0.29, 0.717) is 24.1 Å². The van der Waals surface area contributed by atoms with Crippen molar-refractivity contribution in [3.8, 4) is 17.2 Å². The molecule has 112 valence electrons. The topological polar surface area (TPSA) is 50.7 Å². The highest BCUT2D eigenvalue weighted by Gasteiger charge is 2.18. The summed E-state index contributed by atoms with van der Waals surface area (Å²) in [6, 6.07) is 8.02.